The summed E-state index contributed by atoms with van der Waals surface area (Å²) in [5, 5.41) is 1.10. The van der Waals surface area contributed by atoms with E-state index in [1.54, 1.807) is 0 Å². The van der Waals surface area contributed by atoms with Crippen LogP contribution in [0.15, 0.2) is 212 Å². The fraction of sp³-hybridized carbons (Fsp3) is 0.0517. The third kappa shape index (κ3) is 6.52. The molecule has 1 aliphatic carbocycles. The van der Waals surface area contributed by atoms with Crippen LogP contribution in [0.3, 0.4) is 0 Å². The van der Waals surface area contributed by atoms with E-state index in [9.17, 15) is 0 Å². The Bertz CT molecular complexity index is 3190. The maximum absolute atomic E-state index is 5.55. The fourth-order valence-electron chi connectivity index (χ4n) is 9.17. The third-order valence-electron chi connectivity index (χ3n) is 12.3. The van der Waals surface area contributed by atoms with Crippen LogP contribution in [0.2, 0.25) is 0 Å². The summed E-state index contributed by atoms with van der Waals surface area (Å²) in [5.41, 5.74) is 19.5. The predicted molar refractivity (Wildman–Crippen MR) is 253 cm³/mol. The molecule has 288 valence electrons. The summed E-state index contributed by atoms with van der Waals surface area (Å²) >= 11 is 0. The minimum Gasteiger partial charge on any atom is -0.248 e. The summed E-state index contributed by atoms with van der Waals surface area (Å²) in [6.45, 7) is 4.67. The molecule has 2 heterocycles. The lowest BCUT2D eigenvalue weighted by molar-refractivity contribution is 0.661. The SMILES string of the molecule is CC1(C)c2ccccc2-c2cc3c(-c4cc(-c5ccccc5)cc(-c5nc(-c6ccccc6)cc(-c6ccccc6)n5)c4)cc(-c4ccccc4-c4ccccc4)nc3cc21. The van der Waals surface area contributed by atoms with Crippen LogP contribution in [0.25, 0.3) is 101 Å². The van der Waals surface area contributed by atoms with Crippen LogP contribution in [0.5, 0.6) is 0 Å². The number of fused-ring (bicyclic) bond motifs is 4. The van der Waals surface area contributed by atoms with Crippen molar-refractivity contribution in [1.29, 1.82) is 0 Å². The molecule has 0 fully saturated rings. The van der Waals surface area contributed by atoms with Gasteiger partial charge >= 0.3 is 0 Å². The number of nitrogens with zero attached hydrogens (tertiary/aromatic N) is 3. The molecule has 0 radical (unpaired) electrons. The standard InChI is InChI=1S/C58H41N3/c1-58(2)51-30-18-17-28-46(51)49-34-50-48(35-55(59-56(50)36-52(49)58)47-29-16-15-27-45(47)39-21-9-4-10-22-39)43-31-42(38-19-7-3-8-20-38)32-44(33-43)57-60-53(40-23-11-5-12-24-40)37-54(61-57)41-25-13-6-14-26-41/h3-37H,1-2H3. The van der Waals surface area contributed by atoms with Crippen molar-refractivity contribution in [3.63, 3.8) is 0 Å². The van der Waals surface area contributed by atoms with E-state index >= 15 is 0 Å². The minimum atomic E-state index is -0.169. The van der Waals surface area contributed by atoms with Crippen molar-refractivity contribution >= 4 is 10.9 Å². The van der Waals surface area contributed by atoms with Gasteiger partial charge < -0.3 is 0 Å². The number of hydrogen-bond donors (Lipinski definition) is 0. The van der Waals surface area contributed by atoms with E-state index in [0.717, 1.165) is 83.6 Å². The average molecular weight is 780 g/mol. The summed E-state index contributed by atoms with van der Waals surface area (Å²) in [4.78, 5) is 16.2. The number of hydrogen-bond acceptors (Lipinski definition) is 3. The van der Waals surface area contributed by atoms with Crippen molar-refractivity contribution in [2.75, 3.05) is 0 Å². The molecule has 2 aromatic heterocycles. The highest BCUT2D eigenvalue weighted by molar-refractivity contribution is 6.03. The summed E-state index contributed by atoms with van der Waals surface area (Å²) < 4.78 is 0. The van der Waals surface area contributed by atoms with Crippen molar-refractivity contribution in [1.82, 2.24) is 15.0 Å². The van der Waals surface area contributed by atoms with E-state index in [4.69, 9.17) is 15.0 Å². The highest BCUT2D eigenvalue weighted by Gasteiger charge is 2.36. The zero-order chi connectivity index (χ0) is 40.9. The normalized spacial score (nSPS) is 12.6. The monoisotopic (exact) mass is 779 g/mol. The average Bonchev–Trinajstić information content (AvgIpc) is 3.56. The quantitative estimate of drug-likeness (QED) is 0.162. The fourth-order valence-corrected chi connectivity index (χ4v) is 9.17. The number of aromatic nitrogens is 3. The molecule has 1 aliphatic rings. The van der Waals surface area contributed by atoms with Gasteiger partial charge in [0.25, 0.3) is 0 Å². The van der Waals surface area contributed by atoms with Crippen LogP contribution in [-0.2, 0) is 5.41 Å². The second kappa shape index (κ2) is 14.8. The molecular formula is C58H41N3. The van der Waals surface area contributed by atoms with E-state index in [-0.39, 0.29) is 5.41 Å². The Morgan fingerprint density at radius 1 is 0.295 bits per heavy atom. The summed E-state index contributed by atoms with van der Waals surface area (Å²) in [7, 11) is 0. The van der Waals surface area contributed by atoms with Crippen LogP contribution < -0.4 is 0 Å². The second-order valence-electron chi connectivity index (χ2n) is 16.4. The number of pyridine rings is 1. The van der Waals surface area contributed by atoms with Gasteiger partial charge in [0.05, 0.1) is 22.6 Å². The van der Waals surface area contributed by atoms with Crippen molar-refractivity contribution in [3.8, 4) is 89.7 Å². The highest BCUT2D eigenvalue weighted by atomic mass is 14.9. The Balaban J connectivity index is 1.20. The van der Waals surface area contributed by atoms with Gasteiger partial charge in [0.1, 0.15) is 0 Å². The molecule has 0 amide bonds. The van der Waals surface area contributed by atoms with Crippen molar-refractivity contribution in [2.24, 2.45) is 0 Å². The number of benzene rings is 8. The maximum Gasteiger partial charge on any atom is 0.160 e. The summed E-state index contributed by atoms with van der Waals surface area (Å²) in [5.74, 6) is 0.670. The molecule has 10 aromatic rings. The lowest BCUT2D eigenvalue weighted by Gasteiger charge is -2.22. The zero-order valence-electron chi connectivity index (χ0n) is 34.0. The van der Waals surface area contributed by atoms with Crippen molar-refractivity contribution in [2.45, 2.75) is 19.3 Å². The van der Waals surface area contributed by atoms with E-state index in [0.29, 0.717) is 5.82 Å². The molecule has 0 spiro atoms. The second-order valence-corrected chi connectivity index (χ2v) is 16.4. The third-order valence-corrected chi connectivity index (χ3v) is 12.3. The van der Waals surface area contributed by atoms with E-state index < -0.39 is 0 Å². The van der Waals surface area contributed by atoms with Gasteiger partial charge in [-0.05, 0) is 98.1 Å². The molecule has 61 heavy (non-hydrogen) atoms. The van der Waals surface area contributed by atoms with Gasteiger partial charge in [-0.15, -0.1) is 0 Å². The van der Waals surface area contributed by atoms with Crippen LogP contribution in [0.1, 0.15) is 25.0 Å². The molecule has 0 bridgehead atoms. The Morgan fingerprint density at radius 2 is 0.803 bits per heavy atom. The van der Waals surface area contributed by atoms with Gasteiger partial charge in [0.2, 0.25) is 0 Å². The van der Waals surface area contributed by atoms with E-state index in [2.05, 4.69) is 214 Å². The molecule has 11 rings (SSSR count). The number of rotatable bonds is 7. The molecule has 0 aliphatic heterocycles. The Labute approximate surface area is 356 Å². The van der Waals surface area contributed by atoms with Gasteiger partial charge in [0, 0.05) is 33.1 Å². The van der Waals surface area contributed by atoms with Gasteiger partial charge in [-0.1, -0.05) is 184 Å². The molecule has 0 N–H and O–H groups in total. The van der Waals surface area contributed by atoms with Crippen LogP contribution in [0.4, 0.5) is 0 Å². The molecule has 0 saturated heterocycles. The first kappa shape index (κ1) is 36.3. The summed E-state index contributed by atoms with van der Waals surface area (Å²) in [6, 6.07) is 75.5. The smallest absolute Gasteiger partial charge is 0.160 e. The lowest BCUT2D eigenvalue weighted by Crippen LogP contribution is -2.14. The van der Waals surface area contributed by atoms with Gasteiger partial charge in [-0.2, -0.15) is 0 Å². The molecule has 0 atom stereocenters. The summed E-state index contributed by atoms with van der Waals surface area (Å²) in [6.07, 6.45) is 0. The van der Waals surface area contributed by atoms with Gasteiger partial charge in [-0.3, -0.25) is 0 Å². The van der Waals surface area contributed by atoms with Crippen LogP contribution in [0, 0.1) is 0 Å². The van der Waals surface area contributed by atoms with Crippen LogP contribution >= 0.6 is 0 Å². The Hall–Kier alpha value is -7.75. The maximum atomic E-state index is 5.55. The topological polar surface area (TPSA) is 38.7 Å². The first-order valence-electron chi connectivity index (χ1n) is 20.9. The Morgan fingerprint density at radius 3 is 1.44 bits per heavy atom. The highest BCUT2D eigenvalue weighted by Crippen LogP contribution is 2.51. The minimum absolute atomic E-state index is 0.169. The van der Waals surface area contributed by atoms with Crippen molar-refractivity contribution < 1.29 is 0 Å². The van der Waals surface area contributed by atoms with E-state index in [1.165, 1.54) is 22.3 Å². The molecule has 0 unspecified atom stereocenters. The van der Waals surface area contributed by atoms with Crippen molar-refractivity contribution in [3.05, 3.63) is 223 Å². The Kier molecular flexibility index (Phi) is 8.82. The first-order chi connectivity index (χ1) is 30.0. The largest absolute Gasteiger partial charge is 0.248 e. The van der Waals surface area contributed by atoms with Crippen LogP contribution in [-0.4, -0.2) is 15.0 Å². The predicted octanol–water partition coefficient (Wildman–Crippen LogP) is 15.0. The van der Waals surface area contributed by atoms with Gasteiger partial charge in [0.15, 0.2) is 5.82 Å². The molecule has 0 saturated carbocycles. The molecular weight excluding hydrogens is 739 g/mol. The molecule has 3 nitrogen and oxygen atoms in total. The molecule has 3 heteroatoms. The lowest BCUT2D eigenvalue weighted by atomic mass is 9.82. The van der Waals surface area contributed by atoms with E-state index in [1.807, 2.05) is 12.1 Å². The first-order valence-corrected chi connectivity index (χ1v) is 20.9. The zero-order valence-corrected chi connectivity index (χ0v) is 34.0. The molecule has 8 aromatic carbocycles. The van der Waals surface area contributed by atoms with Gasteiger partial charge in [-0.25, -0.2) is 15.0 Å².